The Bertz CT molecular complexity index is 375. The third-order valence-electron chi connectivity index (χ3n) is 3.08. The number of unbranched alkanes of at least 4 members (excludes halogenated alkanes) is 2. The van der Waals surface area contributed by atoms with Crippen LogP contribution in [0.4, 0.5) is 5.69 Å². The number of amides is 1. The van der Waals surface area contributed by atoms with Crippen molar-refractivity contribution < 1.29 is 4.79 Å². The first kappa shape index (κ1) is 15.5. The van der Waals surface area contributed by atoms with Crippen LogP contribution in [0, 0.1) is 0 Å². The fourth-order valence-electron chi connectivity index (χ4n) is 1.74. The molecular formula is C15H25N3O. The molecule has 19 heavy (non-hydrogen) atoms. The number of rotatable bonds is 8. The lowest BCUT2D eigenvalue weighted by molar-refractivity contribution is 0.0948. The maximum Gasteiger partial charge on any atom is 0.269 e. The Morgan fingerprint density at radius 2 is 2.00 bits per heavy atom. The minimum atomic E-state index is -0.0868. The molecule has 1 heterocycles. The highest BCUT2D eigenvalue weighted by molar-refractivity contribution is 5.92. The van der Waals surface area contributed by atoms with E-state index in [-0.39, 0.29) is 5.91 Å². The summed E-state index contributed by atoms with van der Waals surface area (Å²) in [6.45, 7) is 6.01. The van der Waals surface area contributed by atoms with E-state index in [1.165, 1.54) is 6.42 Å². The lowest BCUT2D eigenvalue weighted by Gasteiger charge is -2.18. The number of nitrogens with one attached hydrogen (secondary N) is 1. The molecule has 1 amide bonds. The first-order valence-electron chi connectivity index (χ1n) is 7.14. The van der Waals surface area contributed by atoms with E-state index >= 15 is 0 Å². The number of hydrogen-bond acceptors (Lipinski definition) is 3. The van der Waals surface area contributed by atoms with Crippen molar-refractivity contribution in [3.8, 4) is 0 Å². The van der Waals surface area contributed by atoms with E-state index in [2.05, 4.69) is 29.0 Å². The lowest BCUT2D eigenvalue weighted by Crippen LogP contribution is -2.25. The largest absolute Gasteiger partial charge is 0.373 e. The molecular weight excluding hydrogens is 238 g/mol. The third kappa shape index (κ3) is 5.28. The van der Waals surface area contributed by atoms with Crippen LogP contribution in [0.25, 0.3) is 0 Å². The molecule has 0 unspecified atom stereocenters. The standard InChI is InChI=1S/C15H25N3O/c1-4-6-10-16-15(19)14-9-8-13(12-17-14)18(3)11-7-5-2/h8-9,12H,4-7,10-11H2,1-3H3,(H,16,19). The number of hydrogen-bond donors (Lipinski definition) is 1. The highest BCUT2D eigenvalue weighted by Crippen LogP contribution is 2.12. The second-order valence-corrected chi connectivity index (χ2v) is 4.79. The zero-order valence-corrected chi connectivity index (χ0v) is 12.3. The molecule has 0 aromatic carbocycles. The molecule has 0 aliphatic rings. The monoisotopic (exact) mass is 263 g/mol. The summed E-state index contributed by atoms with van der Waals surface area (Å²) in [5.41, 5.74) is 1.54. The fourth-order valence-corrected chi connectivity index (χ4v) is 1.74. The molecule has 0 aliphatic carbocycles. The van der Waals surface area contributed by atoms with Crippen molar-refractivity contribution in [1.29, 1.82) is 0 Å². The molecule has 0 fully saturated rings. The molecule has 0 aliphatic heterocycles. The van der Waals surface area contributed by atoms with E-state index in [1.54, 1.807) is 12.3 Å². The molecule has 0 saturated heterocycles. The van der Waals surface area contributed by atoms with Gasteiger partial charge in [-0.3, -0.25) is 4.79 Å². The van der Waals surface area contributed by atoms with E-state index in [1.807, 2.05) is 13.1 Å². The molecule has 0 atom stereocenters. The first-order chi connectivity index (χ1) is 9.19. The van der Waals surface area contributed by atoms with Gasteiger partial charge in [-0.15, -0.1) is 0 Å². The molecule has 1 N–H and O–H groups in total. The predicted molar refractivity (Wildman–Crippen MR) is 79.7 cm³/mol. The fraction of sp³-hybridized carbons (Fsp3) is 0.600. The average Bonchev–Trinajstić information content (AvgIpc) is 2.45. The molecule has 1 aromatic heterocycles. The number of carbonyl (C=O) groups excluding carboxylic acids is 1. The molecule has 106 valence electrons. The van der Waals surface area contributed by atoms with Crippen LogP contribution in [0.15, 0.2) is 18.3 Å². The molecule has 1 rings (SSSR count). The van der Waals surface area contributed by atoms with Crippen molar-refractivity contribution in [3.63, 3.8) is 0 Å². The van der Waals surface area contributed by atoms with Gasteiger partial charge in [0.05, 0.1) is 11.9 Å². The van der Waals surface area contributed by atoms with Crippen LogP contribution < -0.4 is 10.2 Å². The Morgan fingerprint density at radius 3 is 2.58 bits per heavy atom. The Kier molecular flexibility index (Phi) is 6.93. The summed E-state index contributed by atoms with van der Waals surface area (Å²) in [6.07, 6.45) is 6.19. The number of anilines is 1. The predicted octanol–water partition coefficient (Wildman–Crippen LogP) is 2.85. The van der Waals surface area contributed by atoms with E-state index in [9.17, 15) is 4.79 Å². The van der Waals surface area contributed by atoms with Gasteiger partial charge in [-0.1, -0.05) is 26.7 Å². The van der Waals surface area contributed by atoms with Gasteiger partial charge in [0.1, 0.15) is 5.69 Å². The second-order valence-electron chi connectivity index (χ2n) is 4.79. The Morgan fingerprint density at radius 1 is 1.26 bits per heavy atom. The summed E-state index contributed by atoms with van der Waals surface area (Å²) < 4.78 is 0. The molecule has 0 bridgehead atoms. The van der Waals surface area contributed by atoms with Gasteiger partial charge < -0.3 is 10.2 Å². The Hall–Kier alpha value is -1.58. The summed E-state index contributed by atoms with van der Waals surface area (Å²) >= 11 is 0. The van der Waals surface area contributed by atoms with E-state index in [0.29, 0.717) is 5.69 Å². The zero-order valence-electron chi connectivity index (χ0n) is 12.3. The normalized spacial score (nSPS) is 10.3. The van der Waals surface area contributed by atoms with Crippen LogP contribution in [0.3, 0.4) is 0 Å². The quantitative estimate of drug-likeness (QED) is 0.734. The summed E-state index contributed by atoms with van der Waals surface area (Å²) in [6, 6.07) is 3.75. The van der Waals surface area contributed by atoms with Crippen molar-refractivity contribution in [2.45, 2.75) is 39.5 Å². The highest BCUT2D eigenvalue weighted by Gasteiger charge is 2.07. The molecule has 4 heteroatoms. The number of pyridine rings is 1. The average molecular weight is 263 g/mol. The van der Waals surface area contributed by atoms with Gasteiger partial charge in [-0.05, 0) is 25.0 Å². The summed E-state index contributed by atoms with van der Waals surface area (Å²) in [7, 11) is 2.05. The van der Waals surface area contributed by atoms with Crippen LogP contribution in [0.5, 0.6) is 0 Å². The number of nitrogens with zero attached hydrogens (tertiary/aromatic N) is 2. The van der Waals surface area contributed by atoms with Gasteiger partial charge in [-0.2, -0.15) is 0 Å². The van der Waals surface area contributed by atoms with Gasteiger partial charge in [-0.25, -0.2) is 4.98 Å². The van der Waals surface area contributed by atoms with Crippen molar-refractivity contribution in [1.82, 2.24) is 10.3 Å². The third-order valence-corrected chi connectivity index (χ3v) is 3.08. The highest BCUT2D eigenvalue weighted by atomic mass is 16.1. The maximum absolute atomic E-state index is 11.8. The summed E-state index contributed by atoms with van der Waals surface area (Å²) in [5, 5.41) is 2.87. The van der Waals surface area contributed by atoms with Crippen molar-refractivity contribution >= 4 is 11.6 Å². The van der Waals surface area contributed by atoms with Gasteiger partial charge in [0.2, 0.25) is 0 Å². The SMILES string of the molecule is CCCCNC(=O)c1ccc(N(C)CCCC)cn1. The molecule has 4 nitrogen and oxygen atoms in total. The van der Waals surface area contributed by atoms with Crippen LogP contribution >= 0.6 is 0 Å². The van der Waals surface area contributed by atoms with Crippen LogP contribution in [-0.4, -0.2) is 31.0 Å². The Labute approximate surface area is 116 Å². The number of aromatic nitrogens is 1. The number of carbonyl (C=O) groups is 1. The van der Waals surface area contributed by atoms with Gasteiger partial charge in [0.15, 0.2) is 0 Å². The lowest BCUT2D eigenvalue weighted by atomic mass is 10.2. The van der Waals surface area contributed by atoms with Crippen LogP contribution in [-0.2, 0) is 0 Å². The van der Waals surface area contributed by atoms with Crippen molar-refractivity contribution in [2.75, 3.05) is 25.0 Å². The van der Waals surface area contributed by atoms with Crippen LogP contribution in [0.2, 0.25) is 0 Å². The minimum Gasteiger partial charge on any atom is -0.373 e. The molecule has 0 spiro atoms. The van der Waals surface area contributed by atoms with Crippen LogP contribution in [0.1, 0.15) is 50.0 Å². The molecule has 0 saturated carbocycles. The summed E-state index contributed by atoms with van der Waals surface area (Å²) in [4.78, 5) is 18.2. The maximum atomic E-state index is 11.8. The van der Waals surface area contributed by atoms with Gasteiger partial charge in [0, 0.05) is 20.1 Å². The van der Waals surface area contributed by atoms with E-state index in [4.69, 9.17) is 0 Å². The first-order valence-corrected chi connectivity index (χ1v) is 7.14. The van der Waals surface area contributed by atoms with Gasteiger partial charge >= 0.3 is 0 Å². The van der Waals surface area contributed by atoms with E-state index in [0.717, 1.165) is 38.0 Å². The minimum absolute atomic E-state index is 0.0868. The van der Waals surface area contributed by atoms with Crippen molar-refractivity contribution in [2.24, 2.45) is 0 Å². The summed E-state index contributed by atoms with van der Waals surface area (Å²) in [5.74, 6) is -0.0868. The Balaban J connectivity index is 2.53. The van der Waals surface area contributed by atoms with Crippen molar-refractivity contribution in [3.05, 3.63) is 24.0 Å². The molecule has 0 radical (unpaired) electrons. The van der Waals surface area contributed by atoms with E-state index < -0.39 is 0 Å². The topological polar surface area (TPSA) is 45.2 Å². The zero-order chi connectivity index (χ0) is 14.1. The molecule has 1 aromatic rings. The van der Waals surface area contributed by atoms with Gasteiger partial charge in [0.25, 0.3) is 5.91 Å². The second kappa shape index (κ2) is 8.51. The smallest absolute Gasteiger partial charge is 0.269 e.